The molecule has 19 heavy (non-hydrogen) atoms. The van der Waals surface area contributed by atoms with Crippen molar-refractivity contribution >= 4 is 23.3 Å². The normalized spacial score (nSPS) is 10.8. The lowest BCUT2D eigenvalue weighted by Crippen LogP contribution is -2.23. The molecule has 0 saturated carbocycles. The van der Waals surface area contributed by atoms with Gasteiger partial charge in [-0.1, -0.05) is 18.2 Å². The van der Waals surface area contributed by atoms with E-state index in [1.165, 1.54) is 12.1 Å². The third-order valence-electron chi connectivity index (χ3n) is 2.62. The number of halogens is 1. The van der Waals surface area contributed by atoms with E-state index >= 15 is 0 Å². The van der Waals surface area contributed by atoms with E-state index in [9.17, 15) is 9.18 Å². The van der Waals surface area contributed by atoms with Gasteiger partial charge in [0.1, 0.15) is 5.82 Å². The Morgan fingerprint density at radius 1 is 1.32 bits per heavy atom. The van der Waals surface area contributed by atoms with Gasteiger partial charge in [0.2, 0.25) is 5.91 Å². The van der Waals surface area contributed by atoms with Gasteiger partial charge in [0.25, 0.3) is 0 Å². The van der Waals surface area contributed by atoms with Crippen LogP contribution in [0.15, 0.2) is 47.2 Å². The summed E-state index contributed by atoms with van der Waals surface area (Å²) in [6.45, 7) is 0.424. The number of carbonyl (C=O) groups excluding carboxylic acids is 1. The smallest absolute Gasteiger partial charge is 0.244 e. The highest BCUT2D eigenvalue weighted by Gasteiger charge is 2.01. The fraction of sp³-hybridized carbons (Fsp3) is 0.133. The number of hydrogen-bond donors (Lipinski definition) is 1. The number of amides is 1. The van der Waals surface area contributed by atoms with Crippen molar-refractivity contribution in [1.29, 1.82) is 0 Å². The van der Waals surface area contributed by atoms with Gasteiger partial charge in [0, 0.05) is 12.6 Å². The molecule has 1 aromatic carbocycles. The maximum absolute atomic E-state index is 13.3. The summed E-state index contributed by atoms with van der Waals surface area (Å²) < 4.78 is 13.3. The lowest BCUT2D eigenvalue weighted by Gasteiger charge is -2.03. The van der Waals surface area contributed by atoms with Gasteiger partial charge in [-0.15, -0.1) is 0 Å². The third kappa shape index (κ3) is 4.34. The first kappa shape index (κ1) is 13.5. The molecule has 0 saturated heterocycles. The summed E-state index contributed by atoms with van der Waals surface area (Å²) in [4.78, 5) is 11.5. The van der Waals surface area contributed by atoms with E-state index in [2.05, 4.69) is 5.32 Å². The zero-order valence-electron chi connectivity index (χ0n) is 10.3. The van der Waals surface area contributed by atoms with Crippen molar-refractivity contribution in [3.63, 3.8) is 0 Å². The van der Waals surface area contributed by atoms with Crippen LogP contribution in [0.3, 0.4) is 0 Å². The number of benzene rings is 1. The molecule has 0 spiro atoms. The van der Waals surface area contributed by atoms with E-state index in [0.717, 1.165) is 5.56 Å². The second-order valence-electron chi connectivity index (χ2n) is 4.02. The summed E-state index contributed by atoms with van der Waals surface area (Å²) in [7, 11) is 0. The highest BCUT2D eigenvalue weighted by molar-refractivity contribution is 7.08. The molecule has 4 heteroatoms. The van der Waals surface area contributed by atoms with E-state index in [0.29, 0.717) is 18.5 Å². The Bertz CT molecular complexity index is 563. The molecular formula is C15H14FNOS. The van der Waals surface area contributed by atoms with Crippen LogP contribution in [0.5, 0.6) is 0 Å². The van der Waals surface area contributed by atoms with Gasteiger partial charge in [-0.05, 0) is 46.5 Å². The van der Waals surface area contributed by atoms with Crippen LogP contribution in [-0.4, -0.2) is 12.5 Å². The zero-order chi connectivity index (χ0) is 13.5. The lowest BCUT2D eigenvalue weighted by molar-refractivity contribution is -0.116. The molecule has 0 fully saturated rings. The third-order valence-corrected chi connectivity index (χ3v) is 3.32. The average molecular weight is 275 g/mol. The average Bonchev–Trinajstić information content (AvgIpc) is 2.92. The molecule has 0 radical (unpaired) electrons. The molecular weight excluding hydrogens is 261 g/mol. The summed E-state index contributed by atoms with van der Waals surface area (Å²) in [5, 5.41) is 6.65. The Morgan fingerprint density at radius 3 is 2.89 bits per heavy atom. The molecule has 0 unspecified atom stereocenters. The number of nitrogens with one attached hydrogen (secondary N) is 1. The van der Waals surface area contributed by atoms with Gasteiger partial charge in [-0.2, -0.15) is 11.3 Å². The highest BCUT2D eigenvalue weighted by Crippen LogP contribution is 2.08. The Morgan fingerprint density at radius 2 is 2.16 bits per heavy atom. The monoisotopic (exact) mass is 275 g/mol. The van der Waals surface area contributed by atoms with Gasteiger partial charge >= 0.3 is 0 Å². The van der Waals surface area contributed by atoms with Gasteiger partial charge in [-0.3, -0.25) is 4.79 Å². The molecule has 1 aromatic heterocycles. The van der Waals surface area contributed by atoms with Gasteiger partial charge in [-0.25, -0.2) is 4.39 Å². The van der Waals surface area contributed by atoms with Crippen molar-refractivity contribution in [3.8, 4) is 0 Å². The molecule has 0 atom stereocenters. The standard InChI is InChI=1S/C15H14FNOS/c16-14-4-2-1-3-13(14)7-9-17-15(18)6-5-12-8-10-19-11-12/h1-6,8,10-11H,7,9H2,(H,17,18)/b6-5+. The van der Waals surface area contributed by atoms with Crippen molar-refractivity contribution in [2.45, 2.75) is 6.42 Å². The van der Waals surface area contributed by atoms with Gasteiger partial charge in [0.15, 0.2) is 0 Å². The minimum absolute atomic E-state index is 0.164. The number of carbonyl (C=O) groups is 1. The summed E-state index contributed by atoms with van der Waals surface area (Å²) in [6, 6.07) is 8.53. The van der Waals surface area contributed by atoms with E-state index < -0.39 is 0 Å². The molecule has 98 valence electrons. The first-order valence-electron chi connectivity index (χ1n) is 5.97. The van der Waals surface area contributed by atoms with E-state index in [1.807, 2.05) is 16.8 Å². The van der Waals surface area contributed by atoms with Crippen molar-refractivity contribution in [3.05, 3.63) is 64.1 Å². The van der Waals surface area contributed by atoms with Crippen LogP contribution in [0.4, 0.5) is 4.39 Å². The first-order chi connectivity index (χ1) is 9.25. The second-order valence-corrected chi connectivity index (χ2v) is 4.80. The van der Waals surface area contributed by atoms with Crippen LogP contribution < -0.4 is 5.32 Å². The van der Waals surface area contributed by atoms with E-state index in [-0.39, 0.29) is 11.7 Å². The van der Waals surface area contributed by atoms with Crippen molar-refractivity contribution in [2.75, 3.05) is 6.54 Å². The predicted molar refractivity (Wildman–Crippen MR) is 76.5 cm³/mol. The van der Waals surface area contributed by atoms with Crippen LogP contribution in [0.2, 0.25) is 0 Å². The molecule has 2 rings (SSSR count). The molecule has 0 aliphatic rings. The fourth-order valence-corrected chi connectivity index (χ4v) is 2.25. The molecule has 2 aromatic rings. The SMILES string of the molecule is O=C(/C=C/c1ccsc1)NCCc1ccccc1F. The van der Waals surface area contributed by atoms with Gasteiger partial charge < -0.3 is 5.32 Å². The molecule has 1 N–H and O–H groups in total. The van der Waals surface area contributed by atoms with Gasteiger partial charge in [0.05, 0.1) is 0 Å². The minimum Gasteiger partial charge on any atom is -0.352 e. The summed E-state index contributed by atoms with van der Waals surface area (Å²) in [5.74, 6) is -0.395. The topological polar surface area (TPSA) is 29.1 Å². The minimum atomic E-state index is -0.231. The molecule has 0 aliphatic carbocycles. The predicted octanol–water partition coefficient (Wildman–Crippen LogP) is 3.26. The van der Waals surface area contributed by atoms with Crippen molar-refractivity contribution < 1.29 is 9.18 Å². The zero-order valence-corrected chi connectivity index (χ0v) is 11.1. The van der Waals surface area contributed by atoms with Crippen molar-refractivity contribution in [2.24, 2.45) is 0 Å². The maximum atomic E-state index is 13.3. The largest absolute Gasteiger partial charge is 0.352 e. The van der Waals surface area contributed by atoms with Crippen LogP contribution in [0.1, 0.15) is 11.1 Å². The Hall–Kier alpha value is -1.94. The molecule has 0 aliphatic heterocycles. The molecule has 0 bridgehead atoms. The summed E-state index contributed by atoms with van der Waals surface area (Å²) >= 11 is 1.58. The number of thiophene rings is 1. The summed E-state index contributed by atoms with van der Waals surface area (Å²) in [6.07, 6.45) is 3.74. The Labute approximate surface area is 115 Å². The van der Waals surface area contributed by atoms with Crippen LogP contribution in [-0.2, 0) is 11.2 Å². The summed E-state index contributed by atoms with van der Waals surface area (Å²) in [5.41, 5.74) is 1.62. The quantitative estimate of drug-likeness (QED) is 0.834. The van der Waals surface area contributed by atoms with Crippen LogP contribution in [0.25, 0.3) is 6.08 Å². The lowest BCUT2D eigenvalue weighted by atomic mass is 10.1. The van der Waals surface area contributed by atoms with Crippen LogP contribution in [0, 0.1) is 5.82 Å². The highest BCUT2D eigenvalue weighted by atomic mass is 32.1. The molecule has 1 heterocycles. The number of rotatable bonds is 5. The van der Waals surface area contributed by atoms with E-state index in [4.69, 9.17) is 0 Å². The number of hydrogen-bond acceptors (Lipinski definition) is 2. The second kappa shape index (κ2) is 6.85. The maximum Gasteiger partial charge on any atom is 0.244 e. The molecule has 2 nitrogen and oxygen atoms in total. The Balaban J connectivity index is 1.77. The van der Waals surface area contributed by atoms with Crippen molar-refractivity contribution in [1.82, 2.24) is 5.32 Å². The van der Waals surface area contributed by atoms with E-state index in [1.54, 1.807) is 35.6 Å². The van der Waals surface area contributed by atoms with Crippen LogP contribution >= 0.6 is 11.3 Å². The Kier molecular flexibility index (Phi) is 4.86. The first-order valence-corrected chi connectivity index (χ1v) is 6.91. The molecule has 1 amide bonds. The fourth-order valence-electron chi connectivity index (χ4n) is 1.62.